The summed E-state index contributed by atoms with van der Waals surface area (Å²) in [5.41, 5.74) is 0.939. The smallest absolute Gasteiger partial charge is 0.191 e. The number of benzene rings is 1. The summed E-state index contributed by atoms with van der Waals surface area (Å²) in [4.78, 5) is 8.53. The number of hydrogen-bond donors (Lipinski definition) is 4. The molecule has 5 nitrogen and oxygen atoms in total. The predicted octanol–water partition coefficient (Wildman–Crippen LogP) is 3.99. The highest BCUT2D eigenvalue weighted by molar-refractivity contribution is 14.0. The lowest BCUT2D eigenvalue weighted by atomic mass is 10.1. The number of aliphatic imine (C=N–C) groups is 1. The number of fused-ring (bicyclic) bond motifs is 1. The number of aromatic nitrogens is 1. The van der Waals surface area contributed by atoms with Crippen molar-refractivity contribution in [3.8, 4) is 0 Å². The summed E-state index contributed by atoms with van der Waals surface area (Å²) in [6.07, 6.45) is 2.69. The fourth-order valence-electron chi connectivity index (χ4n) is 2.92. The molecule has 0 aliphatic rings. The number of rotatable bonds is 7. The van der Waals surface area contributed by atoms with Gasteiger partial charge in [0.15, 0.2) is 5.96 Å². The van der Waals surface area contributed by atoms with Crippen molar-refractivity contribution in [2.75, 3.05) is 19.6 Å². The van der Waals surface area contributed by atoms with Crippen LogP contribution in [-0.4, -0.2) is 35.7 Å². The van der Waals surface area contributed by atoms with Gasteiger partial charge in [-0.3, -0.25) is 0 Å². The first-order valence-electron chi connectivity index (χ1n) is 9.03. The molecule has 28 heavy (non-hydrogen) atoms. The van der Waals surface area contributed by atoms with Gasteiger partial charge in [0.1, 0.15) is 11.4 Å². The second-order valence-corrected chi connectivity index (χ2v) is 7.57. The molecule has 0 saturated heterocycles. The van der Waals surface area contributed by atoms with Gasteiger partial charge in [-0.05, 0) is 55.5 Å². The van der Waals surface area contributed by atoms with E-state index in [1.807, 2.05) is 30.6 Å². The van der Waals surface area contributed by atoms with Gasteiger partial charge in [0.25, 0.3) is 0 Å². The average molecular weight is 516 g/mol. The van der Waals surface area contributed by atoms with E-state index in [2.05, 4.69) is 20.6 Å². The van der Waals surface area contributed by atoms with Gasteiger partial charge in [-0.25, -0.2) is 9.38 Å². The molecule has 0 aliphatic carbocycles. The molecule has 1 aromatic carbocycles. The summed E-state index contributed by atoms with van der Waals surface area (Å²) in [5.74, 6) is 0.425. The van der Waals surface area contributed by atoms with Crippen molar-refractivity contribution >= 4 is 52.2 Å². The third kappa shape index (κ3) is 5.68. The molecule has 0 bridgehead atoms. The van der Waals surface area contributed by atoms with Crippen molar-refractivity contribution in [2.24, 2.45) is 4.99 Å². The van der Waals surface area contributed by atoms with E-state index >= 15 is 0 Å². The Morgan fingerprint density at radius 1 is 1.32 bits per heavy atom. The van der Waals surface area contributed by atoms with Crippen LogP contribution in [-0.2, 0) is 12.0 Å². The molecule has 0 aliphatic heterocycles. The van der Waals surface area contributed by atoms with E-state index < -0.39 is 5.60 Å². The predicted molar refractivity (Wildman–Crippen MR) is 125 cm³/mol. The van der Waals surface area contributed by atoms with Crippen LogP contribution in [0.15, 0.2) is 46.9 Å². The lowest BCUT2D eigenvalue weighted by Gasteiger charge is -2.20. The van der Waals surface area contributed by atoms with E-state index in [0.717, 1.165) is 34.3 Å². The van der Waals surface area contributed by atoms with Gasteiger partial charge < -0.3 is 20.7 Å². The van der Waals surface area contributed by atoms with Crippen molar-refractivity contribution in [1.82, 2.24) is 15.6 Å². The number of guanidine groups is 1. The first kappa shape index (κ1) is 22.6. The fourth-order valence-corrected chi connectivity index (χ4v) is 3.70. The Bertz CT molecular complexity index is 908. The number of H-pyrrole nitrogens is 1. The third-order valence-electron chi connectivity index (χ3n) is 4.36. The number of aliphatic hydroxyl groups is 1. The summed E-state index contributed by atoms with van der Waals surface area (Å²) in [7, 11) is 0. The second kappa shape index (κ2) is 10.2. The molecule has 8 heteroatoms. The standard InChI is InChI=1S/C20H25FN4OS.HI/c1-3-22-19(25-13-20(2,26)18-5-4-10-27-18)23-9-8-14-12-24-17-11-15(21)6-7-16(14)17;/h4-7,10-12,24,26H,3,8-9,13H2,1-2H3,(H2,22,23,25);1H. The summed E-state index contributed by atoms with van der Waals surface area (Å²) >= 11 is 1.52. The normalized spacial score (nSPS) is 13.8. The van der Waals surface area contributed by atoms with Gasteiger partial charge in [-0.15, -0.1) is 35.3 Å². The topological polar surface area (TPSA) is 72.4 Å². The molecule has 0 spiro atoms. The highest BCUT2D eigenvalue weighted by atomic mass is 127. The molecular formula is C20H26FIN4OS. The zero-order chi connectivity index (χ0) is 19.3. The zero-order valence-corrected chi connectivity index (χ0v) is 19.1. The number of nitrogens with one attached hydrogen (secondary N) is 3. The van der Waals surface area contributed by atoms with Crippen LogP contribution in [0.5, 0.6) is 0 Å². The van der Waals surface area contributed by atoms with Crippen molar-refractivity contribution in [3.05, 3.63) is 58.2 Å². The van der Waals surface area contributed by atoms with Crippen LogP contribution in [0, 0.1) is 5.82 Å². The van der Waals surface area contributed by atoms with E-state index in [9.17, 15) is 9.50 Å². The van der Waals surface area contributed by atoms with Crippen LogP contribution in [0.1, 0.15) is 24.3 Å². The monoisotopic (exact) mass is 516 g/mol. The largest absolute Gasteiger partial charge is 0.383 e. The molecule has 0 amide bonds. The molecule has 2 heterocycles. The molecule has 1 atom stereocenters. The molecule has 4 N–H and O–H groups in total. The number of halogens is 2. The molecular weight excluding hydrogens is 490 g/mol. The van der Waals surface area contributed by atoms with Gasteiger partial charge >= 0.3 is 0 Å². The minimum atomic E-state index is -0.989. The Morgan fingerprint density at radius 3 is 2.86 bits per heavy atom. The fraction of sp³-hybridized carbons (Fsp3) is 0.350. The van der Waals surface area contributed by atoms with E-state index in [-0.39, 0.29) is 36.3 Å². The molecule has 0 radical (unpaired) electrons. The Balaban J connectivity index is 0.00000280. The lowest BCUT2D eigenvalue weighted by molar-refractivity contribution is 0.0711. The van der Waals surface area contributed by atoms with Crippen molar-refractivity contribution < 1.29 is 9.50 Å². The third-order valence-corrected chi connectivity index (χ3v) is 5.48. The van der Waals surface area contributed by atoms with Crippen LogP contribution >= 0.6 is 35.3 Å². The second-order valence-electron chi connectivity index (χ2n) is 6.63. The van der Waals surface area contributed by atoms with Crippen LogP contribution in [0.3, 0.4) is 0 Å². The lowest BCUT2D eigenvalue weighted by Crippen LogP contribution is -2.39. The van der Waals surface area contributed by atoms with Crippen LogP contribution in [0.25, 0.3) is 10.9 Å². The molecule has 1 unspecified atom stereocenters. The summed E-state index contributed by atoms with van der Waals surface area (Å²) in [6, 6.07) is 8.62. The first-order valence-corrected chi connectivity index (χ1v) is 9.91. The molecule has 152 valence electrons. The Labute approximate surface area is 185 Å². The highest BCUT2D eigenvalue weighted by Crippen LogP contribution is 2.25. The van der Waals surface area contributed by atoms with E-state index in [1.165, 1.54) is 23.5 Å². The van der Waals surface area contributed by atoms with Crippen molar-refractivity contribution in [1.29, 1.82) is 0 Å². The number of aromatic amines is 1. The van der Waals surface area contributed by atoms with Crippen molar-refractivity contribution in [2.45, 2.75) is 25.9 Å². The molecule has 2 aromatic heterocycles. The number of hydrogen-bond acceptors (Lipinski definition) is 3. The van der Waals surface area contributed by atoms with Crippen LogP contribution < -0.4 is 10.6 Å². The molecule has 0 saturated carbocycles. The minimum absolute atomic E-state index is 0. The van der Waals surface area contributed by atoms with Gasteiger partial charge in [-0.1, -0.05) is 6.07 Å². The SMILES string of the molecule is CCNC(=NCC(C)(O)c1cccs1)NCCc1c[nH]c2cc(F)ccc12.I. The summed E-state index contributed by atoms with van der Waals surface area (Å²) in [6.45, 7) is 5.46. The van der Waals surface area contributed by atoms with Gasteiger partial charge in [0.05, 0.1) is 6.54 Å². The molecule has 3 rings (SSSR count). The summed E-state index contributed by atoms with van der Waals surface area (Å²) in [5, 5.41) is 20.1. The van der Waals surface area contributed by atoms with Crippen LogP contribution in [0.2, 0.25) is 0 Å². The maximum atomic E-state index is 13.3. The Kier molecular flexibility index (Phi) is 8.26. The molecule has 0 fully saturated rings. The molecule has 3 aromatic rings. The Morgan fingerprint density at radius 2 is 2.14 bits per heavy atom. The van der Waals surface area contributed by atoms with Gasteiger partial charge in [0, 0.05) is 35.1 Å². The van der Waals surface area contributed by atoms with Gasteiger partial charge in [-0.2, -0.15) is 0 Å². The summed E-state index contributed by atoms with van der Waals surface area (Å²) < 4.78 is 13.3. The first-order chi connectivity index (χ1) is 13.0. The minimum Gasteiger partial charge on any atom is -0.383 e. The van der Waals surface area contributed by atoms with E-state index in [4.69, 9.17) is 0 Å². The maximum Gasteiger partial charge on any atom is 0.191 e. The highest BCUT2D eigenvalue weighted by Gasteiger charge is 2.23. The quantitative estimate of drug-likeness (QED) is 0.218. The zero-order valence-electron chi connectivity index (χ0n) is 16.0. The number of thiophene rings is 1. The van der Waals surface area contributed by atoms with Crippen LogP contribution in [0.4, 0.5) is 4.39 Å². The van der Waals surface area contributed by atoms with E-state index in [1.54, 1.807) is 13.0 Å². The van der Waals surface area contributed by atoms with Crippen molar-refractivity contribution in [3.63, 3.8) is 0 Å². The van der Waals surface area contributed by atoms with Gasteiger partial charge in [0.2, 0.25) is 0 Å². The average Bonchev–Trinajstić information content (AvgIpc) is 3.30. The van der Waals surface area contributed by atoms with E-state index in [0.29, 0.717) is 12.5 Å². The Hall–Kier alpha value is -1.65. The number of nitrogens with zero attached hydrogens (tertiary/aromatic N) is 1. The maximum absolute atomic E-state index is 13.3.